The van der Waals surface area contributed by atoms with Crippen LogP contribution in [0.1, 0.15) is 38.2 Å². The molecule has 0 unspecified atom stereocenters. The summed E-state index contributed by atoms with van der Waals surface area (Å²) in [6.45, 7) is 4.25. The zero-order valence-electron chi connectivity index (χ0n) is 14.2. The molecule has 0 spiro atoms. The van der Waals surface area contributed by atoms with E-state index in [-0.39, 0.29) is 23.8 Å². The van der Waals surface area contributed by atoms with Crippen LogP contribution < -0.4 is 10.6 Å². The van der Waals surface area contributed by atoms with Gasteiger partial charge in [-0.15, -0.1) is 0 Å². The molecule has 0 bridgehead atoms. The molecule has 2 aromatic rings. The molecular formula is C20H24N2O2. The summed E-state index contributed by atoms with van der Waals surface area (Å²) in [5.41, 5.74) is 1.26. The number of fused-ring (bicyclic) bond motifs is 1. The summed E-state index contributed by atoms with van der Waals surface area (Å²) >= 11 is 0. The lowest BCUT2D eigenvalue weighted by molar-refractivity contribution is -0.123. The van der Waals surface area contributed by atoms with Crippen LogP contribution in [0.4, 0.5) is 0 Å². The van der Waals surface area contributed by atoms with Gasteiger partial charge in [0.25, 0.3) is 0 Å². The van der Waals surface area contributed by atoms with Gasteiger partial charge in [-0.2, -0.15) is 0 Å². The fourth-order valence-electron chi connectivity index (χ4n) is 3.23. The highest BCUT2D eigenvalue weighted by Gasteiger charge is 2.44. The monoisotopic (exact) mass is 324 g/mol. The van der Waals surface area contributed by atoms with Crippen molar-refractivity contribution >= 4 is 22.6 Å². The van der Waals surface area contributed by atoms with Gasteiger partial charge < -0.3 is 10.6 Å². The second-order valence-corrected chi connectivity index (χ2v) is 6.78. The van der Waals surface area contributed by atoms with Gasteiger partial charge in [0.15, 0.2) is 0 Å². The van der Waals surface area contributed by atoms with Crippen LogP contribution in [-0.2, 0) is 9.59 Å². The SMILES string of the molecule is CC(C)NC(=O)CCNC(=O)[C@H]1C[C@@H]1c1cccc2ccccc12. The number of carbonyl (C=O) groups is 2. The minimum absolute atomic E-state index is 0.0216. The Hall–Kier alpha value is -2.36. The highest BCUT2D eigenvalue weighted by atomic mass is 16.2. The molecule has 0 heterocycles. The Morgan fingerprint density at radius 2 is 1.88 bits per heavy atom. The Morgan fingerprint density at radius 1 is 1.12 bits per heavy atom. The predicted octanol–water partition coefficient (Wildman–Crippen LogP) is 2.97. The quantitative estimate of drug-likeness (QED) is 0.858. The first kappa shape index (κ1) is 16.5. The lowest BCUT2D eigenvalue weighted by Crippen LogP contribution is -2.34. The number of nitrogens with one attached hydrogen (secondary N) is 2. The number of amides is 2. The molecular weight excluding hydrogens is 300 g/mol. The van der Waals surface area contributed by atoms with E-state index in [2.05, 4.69) is 41.0 Å². The smallest absolute Gasteiger partial charge is 0.223 e. The van der Waals surface area contributed by atoms with Crippen LogP contribution in [-0.4, -0.2) is 24.4 Å². The van der Waals surface area contributed by atoms with Crippen LogP contribution >= 0.6 is 0 Å². The second-order valence-electron chi connectivity index (χ2n) is 6.78. The number of rotatable bonds is 6. The van der Waals surface area contributed by atoms with E-state index in [9.17, 15) is 9.59 Å². The third-order valence-electron chi connectivity index (χ3n) is 4.45. The van der Waals surface area contributed by atoms with Gasteiger partial charge in [-0.25, -0.2) is 0 Å². The largest absolute Gasteiger partial charge is 0.355 e. The van der Waals surface area contributed by atoms with Gasteiger partial charge in [0.2, 0.25) is 11.8 Å². The molecule has 2 N–H and O–H groups in total. The lowest BCUT2D eigenvalue weighted by atomic mass is 10.00. The second kappa shape index (κ2) is 7.04. The number of carbonyl (C=O) groups excluding carboxylic acids is 2. The van der Waals surface area contributed by atoms with Crippen molar-refractivity contribution in [1.82, 2.24) is 10.6 Å². The van der Waals surface area contributed by atoms with E-state index >= 15 is 0 Å². The van der Waals surface area contributed by atoms with E-state index in [1.165, 1.54) is 16.3 Å². The van der Waals surface area contributed by atoms with Crippen molar-refractivity contribution < 1.29 is 9.59 Å². The number of hydrogen-bond acceptors (Lipinski definition) is 2. The van der Waals surface area contributed by atoms with Gasteiger partial charge in [0.1, 0.15) is 0 Å². The molecule has 1 aliphatic rings. The van der Waals surface area contributed by atoms with Crippen molar-refractivity contribution in [3.8, 4) is 0 Å². The van der Waals surface area contributed by atoms with Crippen molar-refractivity contribution in [2.75, 3.05) is 6.54 Å². The summed E-state index contributed by atoms with van der Waals surface area (Å²) in [6, 6.07) is 14.7. The normalized spacial score (nSPS) is 19.3. The molecule has 1 saturated carbocycles. The molecule has 0 saturated heterocycles. The predicted molar refractivity (Wildman–Crippen MR) is 95.7 cm³/mol. The molecule has 1 aliphatic carbocycles. The van der Waals surface area contributed by atoms with Gasteiger partial charge in [0, 0.05) is 24.9 Å². The van der Waals surface area contributed by atoms with Crippen LogP contribution in [0, 0.1) is 5.92 Å². The molecule has 1 fully saturated rings. The van der Waals surface area contributed by atoms with Crippen LogP contribution in [0.3, 0.4) is 0 Å². The zero-order chi connectivity index (χ0) is 17.1. The molecule has 4 nitrogen and oxygen atoms in total. The average Bonchev–Trinajstić information content (AvgIpc) is 3.34. The first-order chi connectivity index (χ1) is 11.6. The first-order valence-corrected chi connectivity index (χ1v) is 8.61. The molecule has 2 aromatic carbocycles. The third kappa shape index (κ3) is 3.75. The number of hydrogen-bond donors (Lipinski definition) is 2. The first-order valence-electron chi connectivity index (χ1n) is 8.61. The van der Waals surface area contributed by atoms with Crippen molar-refractivity contribution in [3.63, 3.8) is 0 Å². The molecule has 4 heteroatoms. The van der Waals surface area contributed by atoms with Crippen LogP contribution in [0.5, 0.6) is 0 Å². The highest BCUT2D eigenvalue weighted by Crippen LogP contribution is 2.49. The topological polar surface area (TPSA) is 58.2 Å². The van der Waals surface area contributed by atoms with Gasteiger partial charge in [0.05, 0.1) is 0 Å². The van der Waals surface area contributed by atoms with E-state index < -0.39 is 0 Å². The molecule has 3 rings (SSSR count). The molecule has 0 aliphatic heterocycles. The Balaban J connectivity index is 1.55. The number of benzene rings is 2. The van der Waals surface area contributed by atoms with Crippen LogP contribution in [0.25, 0.3) is 10.8 Å². The summed E-state index contributed by atoms with van der Waals surface area (Å²) < 4.78 is 0. The third-order valence-corrected chi connectivity index (χ3v) is 4.45. The van der Waals surface area contributed by atoms with Crippen molar-refractivity contribution in [3.05, 3.63) is 48.0 Å². The van der Waals surface area contributed by atoms with E-state index in [1.807, 2.05) is 26.0 Å². The fourth-order valence-corrected chi connectivity index (χ4v) is 3.23. The van der Waals surface area contributed by atoms with Crippen molar-refractivity contribution in [1.29, 1.82) is 0 Å². The van der Waals surface area contributed by atoms with Gasteiger partial charge in [-0.1, -0.05) is 42.5 Å². The zero-order valence-corrected chi connectivity index (χ0v) is 14.2. The summed E-state index contributed by atoms with van der Waals surface area (Å²) in [4.78, 5) is 23.9. The van der Waals surface area contributed by atoms with Gasteiger partial charge >= 0.3 is 0 Å². The van der Waals surface area contributed by atoms with Crippen LogP contribution in [0.15, 0.2) is 42.5 Å². The maximum atomic E-state index is 12.3. The summed E-state index contributed by atoms with van der Waals surface area (Å²) in [5.74, 6) is 0.363. The molecule has 0 aromatic heterocycles. The van der Waals surface area contributed by atoms with E-state index in [1.54, 1.807) is 0 Å². The fraction of sp³-hybridized carbons (Fsp3) is 0.400. The highest BCUT2D eigenvalue weighted by molar-refractivity contribution is 5.89. The Bertz CT molecular complexity index is 749. The molecule has 0 radical (unpaired) electrons. The van der Waals surface area contributed by atoms with E-state index in [0.717, 1.165) is 6.42 Å². The standard InChI is InChI=1S/C20H24N2O2/c1-13(2)22-19(23)10-11-21-20(24)18-12-17(18)16-9-5-7-14-6-3-4-8-15(14)16/h3-9,13,17-18H,10-12H2,1-2H3,(H,21,24)(H,22,23)/t17-,18+/m1/s1. The van der Waals surface area contributed by atoms with Crippen LogP contribution in [0.2, 0.25) is 0 Å². The molecule has 24 heavy (non-hydrogen) atoms. The molecule has 2 amide bonds. The minimum Gasteiger partial charge on any atom is -0.355 e. The van der Waals surface area contributed by atoms with Crippen molar-refractivity contribution in [2.24, 2.45) is 5.92 Å². The lowest BCUT2D eigenvalue weighted by Gasteiger charge is -2.09. The van der Waals surface area contributed by atoms with E-state index in [4.69, 9.17) is 0 Å². The Kier molecular flexibility index (Phi) is 4.84. The average molecular weight is 324 g/mol. The Labute approximate surface area is 142 Å². The maximum Gasteiger partial charge on any atom is 0.223 e. The van der Waals surface area contributed by atoms with Gasteiger partial charge in [-0.3, -0.25) is 9.59 Å². The van der Waals surface area contributed by atoms with Gasteiger partial charge in [-0.05, 0) is 42.5 Å². The molecule has 2 atom stereocenters. The summed E-state index contributed by atoms with van der Waals surface area (Å²) in [7, 11) is 0. The van der Waals surface area contributed by atoms with E-state index in [0.29, 0.717) is 18.9 Å². The minimum atomic E-state index is -0.0216. The summed E-state index contributed by atoms with van der Waals surface area (Å²) in [6.07, 6.45) is 1.22. The maximum absolute atomic E-state index is 12.3. The Morgan fingerprint density at radius 3 is 2.67 bits per heavy atom. The summed E-state index contributed by atoms with van der Waals surface area (Å²) in [5, 5.41) is 8.17. The van der Waals surface area contributed by atoms with Crippen molar-refractivity contribution in [2.45, 2.75) is 38.6 Å². The molecule has 126 valence electrons.